The molecule has 0 heterocycles. The summed E-state index contributed by atoms with van der Waals surface area (Å²) in [7, 11) is -9.93. The monoisotopic (exact) mass is 1590 g/mol. The second-order valence-electron chi connectivity index (χ2n) is 33.8. The molecule has 0 spiro atoms. The Labute approximate surface area is 670 Å². The Bertz CT molecular complexity index is 2100. The fraction of sp³-hybridized carbons (Fsp3) is 0.956. The molecule has 3 N–H and O–H groups in total. The highest BCUT2D eigenvalue weighted by Gasteiger charge is 2.31. The highest BCUT2D eigenvalue weighted by atomic mass is 31.2. The van der Waals surface area contributed by atoms with Gasteiger partial charge in [-0.25, -0.2) is 9.13 Å². The van der Waals surface area contributed by atoms with Crippen LogP contribution in [0.15, 0.2) is 0 Å². The molecule has 0 aromatic heterocycles. The summed E-state index contributed by atoms with van der Waals surface area (Å²) in [6.07, 6.45) is 72.6. The van der Waals surface area contributed by atoms with Crippen LogP contribution in [0.5, 0.6) is 0 Å². The molecule has 0 aliphatic carbocycles. The lowest BCUT2D eigenvalue weighted by molar-refractivity contribution is -0.161. The number of rotatable bonds is 88. The van der Waals surface area contributed by atoms with Gasteiger partial charge in [0.2, 0.25) is 0 Å². The highest BCUT2D eigenvalue weighted by molar-refractivity contribution is 7.47. The van der Waals surface area contributed by atoms with E-state index in [-0.39, 0.29) is 25.7 Å². The van der Waals surface area contributed by atoms with Gasteiger partial charge in [-0.05, 0) is 43.4 Å². The van der Waals surface area contributed by atoms with Crippen molar-refractivity contribution in [2.75, 3.05) is 39.6 Å². The van der Waals surface area contributed by atoms with Crippen molar-refractivity contribution in [2.45, 2.75) is 497 Å². The third-order valence-corrected chi connectivity index (χ3v) is 23.0. The third kappa shape index (κ3) is 83.8. The molecule has 0 bridgehead atoms. The van der Waals surface area contributed by atoms with Crippen molar-refractivity contribution < 1.29 is 80.2 Å². The van der Waals surface area contributed by atoms with Crippen LogP contribution in [0, 0.1) is 17.8 Å². The third-order valence-electron chi connectivity index (χ3n) is 21.1. The van der Waals surface area contributed by atoms with Crippen LogP contribution in [0.3, 0.4) is 0 Å². The maximum atomic E-state index is 13.2. The summed E-state index contributed by atoms with van der Waals surface area (Å²) in [5.41, 5.74) is 0. The molecule has 0 aromatic carbocycles. The standard InChI is InChI=1S/C90H176O17P2/c1-8-9-10-11-12-13-14-15-16-17-18-19-20-21-26-29-35-40-45-50-59-66-73-89(94)106-85(77-100-87(92)71-64-57-49-44-39-34-28-25-23-22-24-27-32-37-42-47-54-61-68-81(2)3)79-104-108(96,97)102-75-84(91)76-103-109(98,99)105-80-86(78-101-88(93)72-65-58-53-52-56-63-70-83(6)7)107-90(95)74-67-60-51-46-41-36-31-30-33-38-43-48-55-62-69-82(4)5/h81-86,91H,8-80H2,1-7H3,(H,96,97)(H,98,99)/t84-,85-,86-/m1/s1. The summed E-state index contributed by atoms with van der Waals surface area (Å²) in [5, 5.41) is 10.7. The number of unbranched alkanes of at least 4 members (excludes halogenated alkanes) is 56. The van der Waals surface area contributed by atoms with E-state index in [1.165, 1.54) is 283 Å². The minimum Gasteiger partial charge on any atom is -0.462 e. The Morgan fingerprint density at radius 3 is 0.624 bits per heavy atom. The number of hydrogen-bond donors (Lipinski definition) is 3. The predicted molar refractivity (Wildman–Crippen MR) is 451 cm³/mol. The molecule has 0 rings (SSSR count). The summed E-state index contributed by atoms with van der Waals surface area (Å²) in [5.74, 6) is 0.194. The minimum atomic E-state index is -4.97. The molecule has 0 radical (unpaired) electrons. The Hall–Kier alpha value is -1.94. The molecule has 0 saturated carbocycles. The first-order valence-corrected chi connectivity index (χ1v) is 49.3. The molecule has 648 valence electrons. The van der Waals surface area contributed by atoms with Gasteiger partial charge in [-0.2, -0.15) is 0 Å². The molecule has 0 aliphatic rings. The average Bonchev–Trinajstić information content (AvgIpc) is 0.899. The Morgan fingerprint density at radius 1 is 0.248 bits per heavy atom. The van der Waals surface area contributed by atoms with Crippen LogP contribution in [0.1, 0.15) is 479 Å². The van der Waals surface area contributed by atoms with Gasteiger partial charge in [-0.15, -0.1) is 0 Å². The molecule has 0 fully saturated rings. The first-order valence-electron chi connectivity index (χ1n) is 46.3. The normalized spacial score (nSPS) is 13.8. The van der Waals surface area contributed by atoms with E-state index in [1.54, 1.807) is 0 Å². The Balaban J connectivity index is 5.20. The van der Waals surface area contributed by atoms with Gasteiger partial charge < -0.3 is 33.8 Å². The molecule has 19 heteroatoms. The van der Waals surface area contributed by atoms with Crippen molar-refractivity contribution in [3.8, 4) is 0 Å². The number of phosphoric acid groups is 2. The van der Waals surface area contributed by atoms with Crippen LogP contribution in [0.25, 0.3) is 0 Å². The molecular formula is C90H176O17P2. The summed E-state index contributed by atoms with van der Waals surface area (Å²) in [6, 6.07) is 0. The minimum absolute atomic E-state index is 0.107. The number of esters is 4. The topological polar surface area (TPSA) is 237 Å². The van der Waals surface area contributed by atoms with E-state index < -0.39 is 97.5 Å². The van der Waals surface area contributed by atoms with Crippen LogP contribution < -0.4 is 0 Å². The first-order chi connectivity index (χ1) is 52.7. The van der Waals surface area contributed by atoms with E-state index in [0.29, 0.717) is 31.6 Å². The highest BCUT2D eigenvalue weighted by Crippen LogP contribution is 2.45. The summed E-state index contributed by atoms with van der Waals surface area (Å²) in [6.45, 7) is 12.0. The van der Waals surface area contributed by atoms with Crippen molar-refractivity contribution in [3.63, 3.8) is 0 Å². The van der Waals surface area contributed by atoms with Crippen molar-refractivity contribution in [3.05, 3.63) is 0 Å². The van der Waals surface area contributed by atoms with Gasteiger partial charge in [0.05, 0.1) is 26.4 Å². The van der Waals surface area contributed by atoms with E-state index in [0.717, 1.165) is 108 Å². The molecule has 0 aromatic rings. The second-order valence-corrected chi connectivity index (χ2v) is 36.7. The maximum Gasteiger partial charge on any atom is 0.472 e. The first kappa shape index (κ1) is 107. The summed E-state index contributed by atoms with van der Waals surface area (Å²) < 4.78 is 69.0. The van der Waals surface area contributed by atoms with Gasteiger partial charge in [0.25, 0.3) is 0 Å². The van der Waals surface area contributed by atoms with Crippen molar-refractivity contribution in [1.29, 1.82) is 0 Å². The lowest BCUT2D eigenvalue weighted by Gasteiger charge is -2.21. The van der Waals surface area contributed by atoms with Crippen molar-refractivity contribution >= 4 is 39.5 Å². The predicted octanol–water partition coefficient (Wildman–Crippen LogP) is 27.6. The smallest absolute Gasteiger partial charge is 0.462 e. The quantitative estimate of drug-likeness (QED) is 0.0222. The number of aliphatic hydroxyl groups excluding tert-OH is 1. The van der Waals surface area contributed by atoms with Crippen LogP contribution in [-0.4, -0.2) is 96.7 Å². The molecule has 0 amide bonds. The molecule has 0 aliphatic heterocycles. The number of carbonyl (C=O) groups is 4. The van der Waals surface area contributed by atoms with Gasteiger partial charge in [0, 0.05) is 25.7 Å². The van der Waals surface area contributed by atoms with Crippen molar-refractivity contribution in [2.24, 2.45) is 17.8 Å². The lowest BCUT2D eigenvalue weighted by Crippen LogP contribution is -2.30. The molecule has 109 heavy (non-hydrogen) atoms. The van der Waals surface area contributed by atoms with E-state index in [4.69, 9.17) is 37.0 Å². The zero-order valence-electron chi connectivity index (χ0n) is 72.0. The van der Waals surface area contributed by atoms with E-state index in [2.05, 4.69) is 48.5 Å². The van der Waals surface area contributed by atoms with E-state index in [9.17, 15) is 43.2 Å². The Kier molecular flexibility index (Phi) is 78.5. The second kappa shape index (κ2) is 79.9. The number of hydrogen-bond acceptors (Lipinski definition) is 15. The molecule has 2 unspecified atom stereocenters. The number of ether oxygens (including phenoxy) is 4. The van der Waals surface area contributed by atoms with Crippen LogP contribution in [-0.2, 0) is 65.4 Å². The Morgan fingerprint density at radius 2 is 0.422 bits per heavy atom. The molecular weight excluding hydrogens is 1410 g/mol. The van der Waals surface area contributed by atoms with Gasteiger partial charge >= 0.3 is 39.5 Å². The fourth-order valence-corrected chi connectivity index (χ4v) is 15.7. The van der Waals surface area contributed by atoms with E-state index in [1.807, 2.05) is 0 Å². The summed E-state index contributed by atoms with van der Waals surface area (Å²) in [4.78, 5) is 73.3. The largest absolute Gasteiger partial charge is 0.472 e. The maximum absolute atomic E-state index is 13.2. The lowest BCUT2D eigenvalue weighted by atomic mass is 10.0. The van der Waals surface area contributed by atoms with E-state index >= 15 is 0 Å². The van der Waals surface area contributed by atoms with Crippen molar-refractivity contribution in [1.82, 2.24) is 0 Å². The van der Waals surface area contributed by atoms with Gasteiger partial charge in [-0.3, -0.25) is 37.3 Å². The summed E-state index contributed by atoms with van der Waals surface area (Å²) >= 11 is 0. The fourth-order valence-electron chi connectivity index (χ4n) is 14.1. The number of aliphatic hydroxyl groups is 1. The molecule has 5 atom stereocenters. The zero-order chi connectivity index (χ0) is 80.0. The van der Waals surface area contributed by atoms with Gasteiger partial charge in [-0.1, -0.05) is 427 Å². The van der Waals surface area contributed by atoms with Gasteiger partial charge in [0.15, 0.2) is 12.2 Å². The zero-order valence-corrected chi connectivity index (χ0v) is 73.8. The average molecular weight is 1590 g/mol. The number of phosphoric ester groups is 2. The van der Waals surface area contributed by atoms with Crippen LogP contribution in [0.4, 0.5) is 0 Å². The molecule has 17 nitrogen and oxygen atoms in total. The number of carbonyl (C=O) groups excluding carboxylic acids is 4. The van der Waals surface area contributed by atoms with Crippen LogP contribution >= 0.6 is 15.6 Å². The van der Waals surface area contributed by atoms with Crippen LogP contribution in [0.2, 0.25) is 0 Å². The van der Waals surface area contributed by atoms with Gasteiger partial charge in [0.1, 0.15) is 19.3 Å². The molecule has 0 saturated heterocycles. The SMILES string of the molecule is CCCCCCCCCCCCCCCCCCCCCCCCC(=O)O[C@H](COC(=O)CCCCCCCCCCCCCCCCCCCCC(C)C)COP(=O)(O)OC[C@@H](O)COP(=O)(O)OC[C@@H](COC(=O)CCCCCCCCC(C)C)OC(=O)CCCCCCCCCCCCCCCCC(C)C.